The number of carbonyl (C=O) groups is 2. The third kappa shape index (κ3) is 5.44. The molecule has 1 heterocycles. The molecule has 0 unspecified atom stereocenters. The standard InChI is InChI=1S/C30H40N2O4/c1-30(2,3)24-25(31-19-20-12-11-17-23(18-20)36-4)26(21-13-7-5-8-14-21)32(27(24)29(34)35)28(33)22-15-9-6-10-16-22/h5,7-8,11-14,17-18,22,24-27,31H,6,9-10,15-16,19H2,1-4H3,(H,34,35)/t24-,25-,26-,27-/m1/s1. The summed E-state index contributed by atoms with van der Waals surface area (Å²) in [7, 11) is 1.65. The van der Waals surface area contributed by atoms with Crippen molar-refractivity contribution in [2.75, 3.05) is 7.11 Å². The van der Waals surface area contributed by atoms with Crippen LogP contribution in [0, 0.1) is 17.3 Å². The molecule has 6 nitrogen and oxygen atoms in total. The highest BCUT2D eigenvalue weighted by atomic mass is 16.5. The van der Waals surface area contributed by atoms with Crippen LogP contribution < -0.4 is 10.1 Å². The third-order valence-electron chi connectivity index (χ3n) is 7.95. The molecular weight excluding hydrogens is 452 g/mol. The van der Waals surface area contributed by atoms with Gasteiger partial charge in [-0.05, 0) is 41.5 Å². The van der Waals surface area contributed by atoms with E-state index in [9.17, 15) is 14.7 Å². The first-order chi connectivity index (χ1) is 17.2. The number of carboxylic acid groups (broad SMARTS) is 1. The first-order valence-corrected chi connectivity index (χ1v) is 13.2. The second-order valence-corrected chi connectivity index (χ2v) is 11.4. The number of rotatable bonds is 7. The minimum atomic E-state index is -0.925. The molecule has 2 fully saturated rings. The molecule has 2 aliphatic rings. The molecule has 1 saturated carbocycles. The number of carboxylic acids is 1. The smallest absolute Gasteiger partial charge is 0.326 e. The normalized spacial score (nSPS) is 25.1. The molecule has 0 bridgehead atoms. The van der Waals surface area contributed by atoms with Crippen LogP contribution >= 0.6 is 0 Å². The Morgan fingerprint density at radius 2 is 1.72 bits per heavy atom. The maximum Gasteiger partial charge on any atom is 0.326 e. The molecule has 1 aliphatic carbocycles. The van der Waals surface area contributed by atoms with Crippen LogP contribution in [0.4, 0.5) is 0 Å². The van der Waals surface area contributed by atoms with Gasteiger partial charge in [-0.3, -0.25) is 4.79 Å². The third-order valence-corrected chi connectivity index (χ3v) is 7.95. The van der Waals surface area contributed by atoms with Crippen molar-refractivity contribution in [3.63, 3.8) is 0 Å². The number of methoxy groups -OCH3 is 1. The average molecular weight is 493 g/mol. The minimum Gasteiger partial charge on any atom is -0.497 e. The van der Waals surface area contributed by atoms with Crippen LogP contribution in [-0.2, 0) is 16.1 Å². The molecule has 6 heteroatoms. The number of nitrogens with one attached hydrogen (secondary N) is 1. The number of aliphatic carboxylic acids is 1. The lowest BCUT2D eigenvalue weighted by Gasteiger charge is -2.36. The molecule has 0 radical (unpaired) electrons. The highest BCUT2D eigenvalue weighted by Gasteiger charge is 2.58. The lowest BCUT2D eigenvalue weighted by atomic mass is 9.72. The molecular formula is C30H40N2O4. The number of amides is 1. The highest BCUT2D eigenvalue weighted by molar-refractivity contribution is 5.87. The van der Waals surface area contributed by atoms with Crippen LogP contribution in [0.3, 0.4) is 0 Å². The van der Waals surface area contributed by atoms with Crippen molar-refractivity contribution < 1.29 is 19.4 Å². The lowest BCUT2D eigenvalue weighted by Crippen LogP contribution is -2.49. The van der Waals surface area contributed by atoms with Gasteiger partial charge in [0.2, 0.25) is 5.91 Å². The van der Waals surface area contributed by atoms with Crippen molar-refractivity contribution in [2.24, 2.45) is 17.3 Å². The van der Waals surface area contributed by atoms with Crippen LogP contribution in [0.1, 0.15) is 70.0 Å². The van der Waals surface area contributed by atoms with Crippen molar-refractivity contribution in [1.29, 1.82) is 0 Å². The van der Waals surface area contributed by atoms with Crippen molar-refractivity contribution >= 4 is 11.9 Å². The van der Waals surface area contributed by atoms with Crippen molar-refractivity contribution in [2.45, 2.75) is 77.5 Å². The Kier molecular flexibility index (Phi) is 8.04. The van der Waals surface area contributed by atoms with Gasteiger partial charge in [0.1, 0.15) is 11.8 Å². The summed E-state index contributed by atoms with van der Waals surface area (Å²) < 4.78 is 5.40. The monoisotopic (exact) mass is 492 g/mol. The van der Waals surface area contributed by atoms with Gasteiger partial charge < -0.3 is 20.1 Å². The first-order valence-electron chi connectivity index (χ1n) is 13.2. The number of nitrogens with zero attached hydrogens (tertiary/aromatic N) is 1. The fraction of sp³-hybridized carbons (Fsp3) is 0.533. The summed E-state index contributed by atoms with van der Waals surface area (Å²) in [6, 6.07) is 16.4. The van der Waals surface area contributed by atoms with Gasteiger partial charge in [0.05, 0.1) is 13.2 Å². The van der Waals surface area contributed by atoms with Crippen LogP contribution in [0.2, 0.25) is 0 Å². The molecule has 0 aromatic heterocycles. The SMILES string of the molecule is COc1cccc(CN[C@@H]2[C@@H](C(C)(C)C)[C@H](C(=O)O)N(C(=O)C3CCCCC3)[C@@H]2c2ccccc2)c1. The van der Waals surface area contributed by atoms with Gasteiger partial charge in [0, 0.05) is 24.4 Å². The van der Waals surface area contributed by atoms with Crippen molar-refractivity contribution in [1.82, 2.24) is 10.2 Å². The summed E-state index contributed by atoms with van der Waals surface area (Å²) >= 11 is 0. The lowest BCUT2D eigenvalue weighted by molar-refractivity contribution is -0.154. The molecule has 1 aliphatic heterocycles. The van der Waals surface area contributed by atoms with E-state index < -0.39 is 12.0 Å². The molecule has 2 aromatic carbocycles. The van der Waals surface area contributed by atoms with Gasteiger partial charge in [-0.1, -0.05) is 82.5 Å². The van der Waals surface area contributed by atoms with E-state index in [1.54, 1.807) is 12.0 Å². The van der Waals surface area contributed by atoms with E-state index in [-0.39, 0.29) is 35.2 Å². The van der Waals surface area contributed by atoms with Crippen LogP contribution in [0.5, 0.6) is 5.75 Å². The fourth-order valence-electron chi connectivity index (χ4n) is 6.31. The molecule has 2 N–H and O–H groups in total. The van der Waals surface area contributed by atoms with E-state index in [0.717, 1.165) is 49.0 Å². The summed E-state index contributed by atoms with van der Waals surface area (Å²) in [5.41, 5.74) is 1.68. The van der Waals surface area contributed by atoms with E-state index in [1.807, 2.05) is 54.6 Å². The highest BCUT2D eigenvalue weighted by Crippen LogP contribution is 2.49. The van der Waals surface area contributed by atoms with Gasteiger partial charge in [0.25, 0.3) is 0 Å². The van der Waals surface area contributed by atoms with E-state index in [1.165, 1.54) is 0 Å². The Morgan fingerprint density at radius 1 is 1.03 bits per heavy atom. The van der Waals surface area contributed by atoms with E-state index in [4.69, 9.17) is 4.74 Å². The van der Waals surface area contributed by atoms with Crippen LogP contribution in [0.25, 0.3) is 0 Å². The van der Waals surface area contributed by atoms with Gasteiger partial charge in [-0.15, -0.1) is 0 Å². The quantitative estimate of drug-likeness (QED) is 0.539. The predicted molar refractivity (Wildman–Crippen MR) is 141 cm³/mol. The van der Waals surface area contributed by atoms with Crippen molar-refractivity contribution in [3.05, 3.63) is 65.7 Å². The predicted octanol–water partition coefficient (Wildman–Crippen LogP) is 5.43. The molecule has 194 valence electrons. The number of hydrogen-bond acceptors (Lipinski definition) is 4. The summed E-state index contributed by atoms with van der Waals surface area (Å²) in [6.45, 7) is 6.81. The summed E-state index contributed by atoms with van der Waals surface area (Å²) in [4.78, 5) is 28.7. The van der Waals surface area contributed by atoms with E-state index >= 15 is 0 Å². The Hall–Kier alpha value is -2.86. The van der Waals surface area contributed by atoms with Gasteiger partial charge in [0.15, 0.2) is 0 Å². The van der Waals surface area contributed by atoms with Gasteiger partial charge in [-0.2, -0.15) is 0 Å². The van der Waals surface area contributed by atoms with Gasteiger partial charge >= 0.3 is 5.97 Å². The Morgan fingerprint density at radius 3 is 2.33 bits per heavy atom. The van der Waals surface area contributed by atoms with E-state index in [0.29, 0.717) is 6.54 Å². The maximum atomic E-state index is 14.1. The number of ether oxygens (including phenoxy) is 1. The summed E-state index contributed by atoms with van der Waals surface area (Å²) in [5, 5.41) is 14.3. The molecule has 4 atom stereocenters. The average Bonchev–Trinajstić information content (AvgIpc) is 3.24. The van der Waals surface area contributed by atoms with Crippen LogP contribution in [0.15, 0.2) is 54.6 Å². The Balaban J connectivity index is 1.78. The number of likely N-dealkylation sites (tertiary alicyclic amines) is 1. The van der Waals surface area contributed by atoms with Crippen LogP contribution in [-0.4, -0.2) is 41.1 Å². The summed E-state index contributed by atoms with van der Waals surface area (Å²) in [5.74, 6) is -0.533. The van der Waals surface area contributed by atoms with Gasteiger partial charge in [-0.25, -0.2) is 4.79 Å². The molecule has 2 aromatic rings. The second-order valence-electron chi connectivity index (χ2n) is 11.4. The number of benzene rings is 2. The second kappa shape index (κ2) is 11.0. The summed E-state index contributed by atoms with van der Waals surface area (Å²) in [6.07, 6.45) is 4.87. The zero-order chi connectivity index (χ0) is 25.9. The first kappa shape index (κ1) is 26.2. The minimum absolute atomic E-state index is 0.00381. The molecule has 0 spiro atoms. The molecule has 1 amide bonds. The maximum absolute atomic E-state index is 14.1. The Labute approximate surface area is 215 Å². The Bertz CT molecular complexity index is 1040. The number of carbonyl (C=O) groups excluding carboxylic acids is 1. The fourth-order valence-corrected chi connectivity index (χ4v) is 6.31. The topological polar surface area (TPSA) is 78.9 Å². The van der Waals surface area contributed by atoms with E-state index in [2.05, 4.69) is 26.1 Å². The molecule has 1 saturated heterocycles. The zero-order valence-electron chi connectivity index (χ0n) is 21.9. The zero-order valence-corrected chi connectivity index (χ0v) is 21.9. The number of hydrogen-bond donors (Lipinski definition) is 2. The molecule has 4 rings (SSSR count). The van der Waals surface area contributed by atoms with Crippen molar-refractivity contribution in [3.8, 4) is 5.75 Å². The molecule has 36 heavy (non-hydrogen) atoms. The largest absolute Gasteiger partial charge is 0.497 e.